The van der Waals surface area contributed by atoms with Crippen LogP contribution >= 0.6 is 11.6 Å². The van der Waals surface area contributed by atoms with Gasteiger partial charge in [0.25, 0.3) is 5.91 Å². The summed E-state index contributed by atoms with van der Waals surface area (Å²) in [6.45, 7) is 1.34. The molecule has 2 aliphatic carbocycles. The second-order valence-electron chi connectivity index (χ2n) is 8.87. The molecule has 1 aromatic heterocycles. The molecule has 1 saturated carbocycles. The number of benzene rings is 1. The zero-order valence-corrected chi connectivity index (χ0v) is 18.9. The number of methoxy groups -OCH3 is 1. The van der Waals surface area contributed by atoms with Crippen LogP contribution in [0.2, 0.25) is 5.02 Å². The Balaban J connectivity index is 1.43. The maximum Gasteiger partial charge on any atom is 0.308 e. The molecule has 1 heterocycles. The Morgan fingerprint density at radius 2 is 1.81 bits per heavy atom. The molecule has 1 N–H and O–H groups in total. The van der Waals surface area contributed by atoms with E-state index in [-0.39, 0.29) is 17.8 Å². The molecule has 1 aromatic carbocycles. The smallest absolute Gasteiger partial charge is 0.308 e. The number of esters is 1. The number of halogens is 1. The van der Waals surface area contributed by atoms with Gasteiger partial charge in [0.1, 0.15) is 5.69 Å². The minimum Gasteiger partial charge on any atom is -0.469 e. The van der Waals surface area contributed by atoms with Crippen molar-refractivity contribution < 1.29 is 14.3 Å². The fourth-order valence-electron chi connectivity index (χ4n) is 5.00. The van der Waals surface area contributed by atoms with Gasteiger partial charge in [0.05, 0.1) is 13.0 Å². The number of amides is 1. The third-order valence-electron chi connectivity index (χ3n) is 6.83. The minimum atomic E-state index is -0.104. The number of fused-ring (bicyclic) bond motifs is 1. The molecule has 5 nitrogen and oxygen atoms in total. The average molecular weight is 443 g/mol. The van der Waals surface area contributed by atoms with E-state index in [2.05, 4.69) is 16.0 Å². The van der Waals surface area contributed by atoms with Crippen LogP contribution in [0.15, 0.2) is 30.3 Å². The Hall–Kier alpha value is -2.27. The Labute approximate surface area is 189 Å². The molecule has 4 rings (SSSR count). The predicted octanol–water partition coefficient (Wildman–Crippen LogP) is 4.78. The number of aryl methyl sites for hydroxylation is 1. The van der Waals surface area contributed by atoms with Gasteiger partial charge in [-0.3, -0.25) is 9.59 Å². The molecule has 1 fully saturated rings. The van der Waals surface area contributed by atoms with Gasteiger partial charge in [-0.2, -0.15) is 0 Å². The highest BCUT2D eigenvalue weighted by Crippen LogP contribution is 2.30. The highest BCUT2D eigenvalue weighted by molar-refractivity contribution is 6.30. The fraction of sp³-hybridized carbons (Fsp3) is 0.520. The van der Waals surface area contributed by atoms with Crippen LogP contribution in [0.1, 0.15) is 65.8 Å². The first-order valence-electron chi connectivity index (χ1n) is 11.4. The van der Waals surface area contributed by atoms with Crippen LogP contribution in [0.4, 0.5) is 0 Å². The van der Waals surface area contributed by atoms with Gasteiger partial charge in [0.15, 0.2) is 0 Å². The van der Waals surface area contributed by atoms with Crippen LogP contribution in [0, 0.1) is 11.8 Å². The first kappa shape index (κ1) is 21.9. The topological polar surface area (TPSA) is 60.3 Å². The molecular formula is C25H31ClN2O3. The van der Waals surface area contributed by atoms with Gasteiger partial charge in [0, 0.05) is 23.8 Å². The Bertz CT molecular complexity index is 927. The largest absolute Gasteiger partial charge is 0.469 e. The summed E-state index contributed by atoms with van der Waals surface area (Å²) in [7, 11) is 1.45. The number of carbonyl (C=O) groups is 2. The molecule has 0 atom stereocenters. The van der Waals surface area contributed by atoms with Crippen molar-refractivity contribution in [1.82, 2.24) is 9.88 Å². The van der Waals surface area contributed by atoms with Crippen molar-refractivity contribution >= 4 is 23.5 Å². The van der Waals surface area contributed by atoms with E-state index in [9.17, 15) is 9.59 Å². The van der Waals surface area contributed by atoms with E-state index in [1.807, 2.05) is 24.3 Å². The molecule has 31 heavy (non-hydrogen) atoms. The second kappa shape index (κ2) is 9.90. The zero-order chi connectivity index (χ0) is 21.8. The third kappa shape index (κ3) is 5.15. The quantitative estimate of drug-likeness (QED) is 0.655. The number of nitrogens with zero attached hydrogens (tertiary/aromatic N) is 1. The number of carbonyl (C=O) groups excluding carboxylic acids is 2. The molecule has 2 aliphatic rings. The van der Waals surface area contributed by atoms with Gasteiger partial charge in [0.2, 0.25) is 0 Å². The van der Waals surface area contributed by atoms with E-state index >= 15 is 0 Å². The van der Waals surface area contributed by atoms with Gasteiger partial charge in [-0.1, -0.05) is 23.7 Å². The SMILES string of the molecule is COC(=O)C1CCC(CNC(=O)c2cc3c(n2Cc2ccc(Cl)cc2)CCCC3)CC1. The lowest BCUT2D eigenvalue weighted by atomic mass is 9.82. The lowest BCUT2D eigenvalue weighted by Crippen LogP contribution is -2.33. The van der Waals surface area contributed by atoms with Gasteiger partial charge >= 0.3 is 5.97 Å². The van der Waals surface area contributed by atoms with Crippen molar-refractivity contribution in [3.63, 3.8) is 0 Å². The molecule has 0 aliphatic heterocycles. The van der Waals surface area contributed by atoms with Crippen LogP contribution in [-0.2, 0) is 28.9 Å². The number of ether oxygens (including phenoxy) is 1. The third-order valence-corrected chi connectivity index (χ3v) is 7.08. The summed E-state index contributed by atoms with van der Waals surface area (Å²) >= 11 is 6.04. The monoisotopic (exact) mass is 442 g/mol. The molecule has 1 amide bonds. The second-order valence-corrected chi connectivity index (χ2v) is 9.31. The molecule has 0 radical (unpaired) electrons. The normalized spacial score (nSPS) is 20.7. The lowest BCUT2D eigenvalue weighted by Gasteiger charge is -2.27. The van der Waals surface area contributed by atoms with E-state index in [0.717, 1.165) is 54.8 Å². The maximum absolute atomic E-state index is 13.2. The zero-order valence-electron chi connectivity index (χ0n) is 18.2. The predicted molar refractivity (Wildman–Crippen MR) is 121 cm³/mol. The van der Waals surface area contributed by atoms with Gasteiger partial charge in [-0.25, -0.2) is 0 Å². The van der Waals surface area contributed by atoms with Crippen LogP contribution < -0.4 is 5.32 Å². The number of nitrogens with one attached hydrogen (secondary N) is 1. The first-order chi connectivity index (χ1) is 15.0. The van der Waals surface area contributed by atoms with Gasteiger partial charge in [-0.05, 0) is 86.6 Å². The van der Waals surface area contributed by atoms with Gasteiger partial charge < -0.3 is 14.6 Å². The molecule has 0 spiro atoms. The van der Waals surface area contributed by atoms with Crippen molar-refractivity contribution in [2.24, 2.45) is 11.8 Å². The lowest BCUT2D eigenvalue weighted by molar-refractivity contribution is -0.146. The summed E-state index contributed by atoms with van der Waals surface area (Å²) in [6.07, 6.45) is 7.99. The Morgan fingerprint density at radius 1 is 1.10 bits per heavy atom. The van der Waals surface area contributed by atoms with Crippen molar-refractivity contribution in [2.45, 2.75) is 57.9 Å². The highest BCUT2D eigenvalue weighted by atomic mass is 35.5. The van der Waals surface area contributed by atoms with Crippen LogP contribution in [0.25, 0.3) is 0 Å². The van der Waals surface area contributed by atoms with Crippen molar-refractivity contribution in [3.05, 3.63) is 57.9 Å². The van der Waals surface area contributed by atoms with Crippen molar-refractivity contribution in [2.75, 3.05) is 13.7 Å². The van der Waals surface area contributed by atoms with Crippen molar-refractivity contribution in [3.8, 4) is 0 Å². The number of rotatable bonds is 6. The van der Waals surface area contributed by atoms with Gasteiger partial charge in [-0.15, -0.1) is 0 Å². The summed E-state index contributed by atoms with van der Waals surface area (Å²) < 4.78 is 7.07. The van der Waals surface area contributed by atoms with Crippen molar-refractivity contribution in [1.29, 1.82) is 0 Å². The summed E-state index contributed by atoms with van der Waals surface area (Å²) in [5.74, 6) is 0.325. The molecule has 2 aromatic rings. The molecule has 0 bridgehead atoms. The molecule has 6 heteroatoms. The standard InChI is InChI=1S/C25H31ClN2O3/c1-31-25(30)19-10-6-17(7-11-19)15-27-24(29)23-14-20-4-2-3-5-22(20)28(23)16-18-8-12-21(26)13-9-18/h8-9,12-14,17,19H,2-7,10-11,15-16H2,1H3,(H,27,29). The number of hydrogen-bond acceptors (Lipinski definition) is 3. The first-order valence-corrected chi connectivity index (χ1v) is 11.7. The number of hydrogen-bond donors (Lipinski definition) is 1. The van der Waals surface area contributed by atoms with Crippen LogP contribution in [-0.4, -0.2) is 30.1 Å². The minimum absolute atomic E-state index is 0.00143. The molecule has 166 valence electrons. The molecule has 0 unspecified atom stereocenters. The molecule has 0 saturated heterocycles. The summed E-state index contributed by atoms with van der Waals surface area (Å²) in [6, 6.07) is 9.94. The summed E-state index contributed by atoms with van der Waals surface area (Å²) in [5.41, 5.74) is 4.50. The van der Waals surface area contributed by atoms with Crippen LogP contribution in [0.5, 0.6) is 0 Å². The average Bonchev–Trinajstić information content (AvgIpc) is 3.17. The Morgan fingerprint density at radius 3 is 2.52 bits per heavy atom. The van der Waals surface area contributed by atoms with Crippen LogP contribution in [0.3, 0.4) is 0 Å². The van der Waals surface area contributed by atoms with E-state index in [4.69, 9.17) is 16.3 Å². The van der Waals surface area contributed by atoms with E-state index < -0.39 is 0 Å². The Kier molecular flexibility index (Phi) is 7.01. The van der Waals surface area contributed by atoms with E-state index in [0.29, 0.717) is 19.0 Å². The fourth-order valence-corrected chi connectivity index (χ4v) is 5.13. The van der Waals surface area contributed by atoms with E-state index in [1.54, 1.807) is 0 Å². The van der Waals surface area contributed by atoms with E-state index in [1.165, 1.54) is 31.2 Å². The summed E-state index contributed by atoms with van der Waals surface area (Å²) in [4.78, 5) is 24.9. The summed E-state index contributed by atoms with van der Waals surface area (Å²) in [5, 5.41) is 3.89. The maximum atomic E-state index is 13.2. The number of aromatic nitrogens is 1. The highest BCUT2D eigenvalue weighted by Gasteiger charge is 2.28. The molecular weight excluding hydrogens is 412 g/mol.